The lowest BCUT2D eigenvalue weighted by atomic mass is 10.00. The smallest absolute Gasteiger partial charge is 0.310 e. The van der Waals surface area contributed by atoms with E-state index in [2.05, 4.69) is 114 Å². The number of nitrogens with zero attached hydrogens (tertiary/aromatic N) is 2. The first kappa shape index (κ1) is 56.3. The minimum atomic E-state index is -0.458. The zero-order valence-electron chi connectivity index (χ0n) is 49.4. The van der Waals surface area contributed by atoms with Crippen LogP contribution in [-0.4, -0.2) is 70.2 Å². The molecule has 80 heavy (non-hydrogen) atoms. The van der Waals surface area contributed by atoms with Crippen LogP contribution < -0.4 is 0 Å². The predicted molar refractivity (Wildman–Crippen MR) is 315 cm³/mol. The Balaban J connectivity index is 1.11. The Hall–Kier alpha value is -5.52. The van der Waals surface area contributed by atoms with Crippen LogP contribution in [0.25, 0.3) is 46.4 Å². The molecule has 8 aliphatic rings. The third-order valence-corrected chi connectivity index (χ3v) is 20.5. The van der Waals surface area contributed by atoms with E-state index in [9.17, 15) is 19.2 Å². The highest BCUT2D eigenvalue weighted by molar-refractivity contribution is 5.91. The van der Waals surface area contributed by atoms with E-state index < -0.39 is 39.4 Å². The van der Waals surface area contributed by atoms with Crippen molar-refractivity contribution in [3.05, 3.63) is 69.3 Å². The summed E-state index contributed by atoms with van der Waals surface area (Å²) in [6.45, 7) is 18.9. The van der Waals surface area contributed by atoms with Gasteiger partial charge in [-0.15, -0.1) is 0 Å². The van der Waals surface area contributed by atoms with Crippen molar-refractivity contribution in [2.75, 3.05) is 26.4 Å². The van der Waals surface area contributed by atoms with E-state index in [1.54, 1.807) is 0 Å². The first-order valence-corrected chi connectivity index (χ1v) is 31.3. The average molecular weight is 1090 g/mol. The molecule has 2 N–H and O–H groups in total. The zero-order valence-corrected chi connectivity index (χ0v) is 49.4. The van der Waals surface area contributed by atoms with Gasteiger partial charge in [-0.3, -0.25) is 19.2 Å². The van der Waals surface area contributed by atoms with E-state index in [1.165, 1.54) is 51.4 Å². The summed E-state index contributed by atoms with van der Waals surface area (Å²) >= 11 is 0. The molecule has 4 aliphatic carbocycles. The lowest BCUT2D eigenvalue weighted by Crippen LogP contribution is -2.11. The molecular weight excluding hydrogens is 1000 g/mol. The van der Waals surface area contributed by atoms with Gasteiger partial charge in [0.25, 0.3) is 0 Å². The number of carbonyl (C=O) groups is 4. The van der Waals surface area contributed by atoms with E-state index >= 15 is 0 Å². The number of ether oxygens (including phenoxy) is 4. The Morgan fingerprint density at radius 1 is 0.312 bits per heavy atom. The normalized spacial score (nSPS) is 30.1. The quantitative estimate of drug-likeness (QED) is 0.113. The number of cyclic esters (lactones) is 4. The number of carbonyl (C=O) groups excluding carboxylic acids is 4. The van der Waals surface area contributed by atoms with E-state index in [0.717, 1.165) is 144 Å². The average Bonchev–Trinajstić information content (AvgIpc) is 3.94. The number of fused-ring (bicyclic) bond motifs is 16. The summed E-state index contributed by atoms with van der Waals surface area (Å²) in [5, 5.41) is 0. The van der Waals surface area contributed by atoms with Crippen LogP contribution in [-0.2, 0) is 38.1 Å². The van der Waals surface area contributed by atoms with Crippen molar-refractivity contribution in [2.45, 2.75) is 207 Å². The predicted octanol–water partition coefficient (Wildman–Crippen LogP) is 15.6. The molecule has 12 bridgehead atoms. The van der Waals surface area contributed by atoms with Crippen LogP contribution in [0.15, 0.2) is 24.3 Å². The number of rotatable bonds is 0. The maximum Gasteiger partial charge on any atom is 0.310 e. The molecule has 11 rings (SSSR count). The first-order valence-electron chi connectivity index (χ1n) is 31.3. The number of esters is 4. The number of nitrogens with one attached hydrogen (secondary N) is 2. The molecule has 0 spiro atoms. The monoisotopic (exact) mass is 1090 g/mol. The van der Waals surface area contributed by atoms with E-state index in [0.29, 0.717) is 26.4 Å². The molecular formula is C68H90N4O8. The van der Waals surface area contributed by atoms with Crippen molar-refractivity contribution >= 4 is 70.2 Å². The van der Waals surface area contributed by atoms with Crippen molar-refractivity contribution in [3.8, 4) is 0 Å². The second-order valence-electron chi connectivity index (χ2n) is 27.5. The Morgan fingerprint density at radius 3 is 0.800 bits per heavy atom. The maximum absolute atomic E-state index is 14.4. The molecule has 7 heterocycles. The van der Waals surface area contributed by atoms with Crippen molar-refractivity contribution < 1.29 is 38.1 Å². The van der Waals surface area contributed by atoms with Gasteiger partial charge in [0.2, 0.25) is 0 Å². The lowest BCUT2D eigenvalue weighted by Gasteiger charge is -2.08. The molecule has 4 fully saturated rings. The van der Waals surface area contributed by atoms with Gasteiger partial charge in [0.15, 0.2) is 0 Å². The fraction of sp³-hybridized carbons (Fsp3) is 0.647. The van der Waals surface area contributed by atoms with Gasteiger partial charge in [-0.2, -0.15) is 0 Å². The minimum Gasteiger partial charge on any atom is -0.465 e. The summed E-state index contributed by atoms with van der Waals surface area (Å²) < 4.78 is 24.6. The highest BCUT2D eigenvalue weighted by Gasteiger charge is 2.68. The van der Waals surface area contributed by atoms with Crippen LogP contribution in [0.5, 0.6) is 0 Å². The summed E-state index contributed by atoms with van der Waals surface area (Å²) in [7, 11) is 0. The SMILES string of the molecule is CC1(C)C2C(=O)OCCCCCCCCCCCCOC(=O)C3C(c4c5nc(c(c6nc(c7c8ccc([nH]8)c(c8ccc4[nH]8)C4C(C(=O)OCCCCCCCCCCCCOC(=O)C8C7C8(C)C)C4(C)C)C=C6)C21)C=C5)C3(C)C. The highest BCUT2D eigenvalue weighted by Crippen LogP contribution is 2.70. The molecule has 4 saturated carbocycles. The van der Waals surface area contributed by atoms with Gasteiger partial charge in [-0.1, -0.05) is 158 Å². The van der Waals surface area contributed by atoms with Crippen LogP contribution in [0.1, 0.15) is 253 Å². The van der Waals surface area contributed by atoms with Gasteiger partial charge in [0.05, 0.1) is 72.9 Å². The van der Waals surface area contributed by atoms with Gasteiger partial charge >= 0.3 is 23.9 Å². The standard InChI is InChI=1S/C68H90N4O8/c1-65(2)53-49-41-29-30-42(69-41)50(54-58(66(54,3)4)62(74)78-38-26-22-18-14-10-9-13-17-21-25-37-77-61(73)57(53)65)47-35-36-48(72-47)52-44-32-31-43(70-44)51(46-34-33-45(49)71-46)55-59(67(55,5)6)63(75)79-39-27-23-19-15-11-12-16-20-24-28-40-80-64(76)60-56(52)68(60,7)8/h29-36,53-60,69,71H,9-28,37-40H2,1-8H3. The van der Waals surface area contributed by atoms with Crippen molar-refractivity contribution in [3.63, 3.8) is 0 Å². The van der Waals surface area contributed by atoms with Gasteiger partial charge in [-0.25, -0.2) is 9.97 Å². The molecule has 0 aromatic carbocycles. The van der Waals surface area contributed by atoms with Gasteiger partial charge in [-0.05, 0) is 95.9 Å². The fourth-order valence-electron chi connectivity index (χ4n) is 15.4. The maximum atomic E-state index is 14.4. The van der Waals surface area contributed by atoms with Crippen molar-refractivity contribution in [1.82, 2.24) is 19.9 Å². The zero-order chi connectivity index (χ0) is 56.1. The van der Waals surface area contributed by atoms with Crippen LogP contribution in [0.2, 0.25) is 0 Å². The molecule has 0 amide bonds. The lowest BCUT2D eigenvalue weighted by molar-refractivity contribution is -0.147. The second-order valence-corrected chi connectivity index (χ2v) is 27.5. The van der Waals surface area contributed by atoms with E-state index in [-0.39, 0.29) is 53.5 Å². The fourth-order valence-corrected chi connectivity index (χ4v) is 15.4. The van der Waals surface area contributed by atoms with Gasteiger partial charge < -0.3 is 28.9 Å². The summed E-state index contributed by atoms with van der Waals surface area (Å²) in [6.07, 6.45) is 29.8. The molecule has 0 saturated heterocycles. The summed E-state index contributed by atoms with van der Waals surface area (Å²) in [6, 6.07) is 8.47. The molecule has 0 radical (unpaired) electrons. The minimum absolute atomic E-state index is 0.168. The Kier molecular flexibility index (Phi) is 16.0. The third kappa shape index (κ3) is 10.9. The molecule has 8 unspecified atom stereocenters. The number of aromatic amines is 2. The number of hydrogen-bond acceptors (Lipinski definition) is 10. The molecule has 12 nitrogen and oxygen atoms in total. The molecule has 3 aromatic rings. The van der Waals surface area contributed by atoms with Crippen LogP contribution in [0, 0.1) is 45.3 Å². The number of H-pyrrole nitrogens is 2. The first-order chi connectivity index (χ1) is 38.5. The topological polar surface area (TPSA) is 163 Å². The largest absolute Gasteiger partial charge is 0.465 e. The van der Waals surface area contributed by atoms with Gasteiger partial charge in [0, 0.05) is 68.0 Å². The Labute approximate surface area is 474 Å². The third-order valence-electron chi connectivity index (χ3n) is 20.5. The molecule has 12 heteroatoms. The van der Waals surface area contributed by atoms with E-state index in [4.69, 9.17) is 28.9 Å². The molecule has 8 atom stereocenters. The highest BCUT2D eigenvalue weighted by atomic mass is 16.5. The molecule has 4 aliphatic heterocycles. The second kappa shape index (κ2) is 22.7. The Morgan fingerprint density at radius 2 is 0.525 bits per heavy atom. The number of aromatic nitrogens is 4. The van der Waals surface area contributed by atoms with Crippen LogP contribution in [0.3, 0.4) is 0 Å². The molecule has 430 valence electrons. The summed E-state index contributed by atoms with van der Waals surface area (Å²) in [4.78, 5) is 76.5. The Bertz CT molecular complexity index is 3050. The van der Waals surface area contributed by atoms with E-state index in [1.807, 2.05) is 0 Å². The van der Waals surface area contributed by atoms with Crippen molar-refractivity contribution in [2.24, 2.45) is 45.3 Å². The van der Waals surface area contributed by atoms with Crippen LogP contribution >= 0.6 is 0 Å². The van der Waals surface area contributed by atoms with Crippen LogP contribution in [0.4, 0.5) is 0 Å². The molecule has 3 aromatic heterocycles. The summed E-state index contributed by atoms with van der Waals surface area (Å²) in [5.41, 5.74) is 8.29. The number of hydrogen-bond donors (Lipinski definition) is 2. The van der Waals surface area contributed by atoms with Crippen molar-refractivity contribution in [1.29, 1.82) is 0 Å². The van der Waals surface area contributed by atoms with Gasteiger partial charge in [0.1, 0.15) is 0 Å². The summed E-state index contributed by atoms with van der Waals surface area (Å²) in [5.74, 6) is -3.19.